The van der Waals surface area contributed by atoms with Crippen molar-refractivity contribution in [1.82, 2.24) is 9.80 Å². The van der Waals surface area contributed by atoms with Crippen LogP contribution in [-0.2, 0) is 4.79 Å². The van der Waals surface area contributed by atoms with Crippen molar-refractivity contribution in [2.75, 3.05) is 32.7 Å². The summed E-state index contributed by atoms with van der Waals surface area (Å²) in [6.45, 7) is 8.28. The SMILES string of the molecule is CCN(CC)CC(=O)N1CCC(N)CC1. The zero-order valence-electron chi connectivity index (χ0n) is 9.91. The van der Waals surface area contributed by atoms with Crippen molar-refractivity contribution < 1.29 is 4.79 Å². The second-order valence-electron chi connectivity index (χ2n) is 4.18. The Hall–Kier alpha value is -0.610. The van der Waals surface area contributed by atoms with Crippen LogP contribution < -0.4 is 5.73 Å². The molecule has 0 aliphatic carbocycles. The molecule has 0 aromatic heterocycles. The van der Waals surface area contributed by atoms with Crippen LogP contribution in [0.1, 0.15) is 26.7 Å². The first-order chi connectivity index (χ1) is 7.17. The molecule has 1 saturated heterocycles. The summed E-state index contributed by atoms with van der Waals surface area (Å²) in [5, 5.41) is 0. The highest BCUT2D eigenvalue weighted by atomic mass is 16.2. The van der Waals surface area contributed by atoms with Gasteiger partial charge in [-0.1, -0.05) is 13.8 Å². The normalized spacial score (nSPS) is 18.5. The number of likely N-dealkylation sites (tertiary alicyclic amines) is 1. The molecule has 1 rings (SSSR count). The van der Waals surface area contributed by atoms with Crippen molar-refractivity contribution >= 4 is 5.91 Å². The Labute approximate surface area is 92.4 Å². The van der Waals surface area contributed by atoms with Crippen LogP contribution in [0, 0.1) is 0 Å². The number of piperidine rings is 1. The monoisotopic (exact) mass is 213 g/mol. The fourth-order valence-corrected chi connectivity index (χ4v) is 1.89. The van der Waals surface area contributed by atoms with E-state index in [4.69, 9.17) is 5.73 Å². The van der Waals surface area contributed by atoms with E-state index in [0.29, 0.717) is 12.6 Å². The maximum Gasteiger partial charge on any atom is 0.236 e. The molecule has 0 bridgehead atoms. The van der Waals surface area contributed by atoms with Crippen molar-refractivity contribution in [3.63, 3.8) is 0 Å². The van der Waals surface area contributed by atoms with Gasteiger partial charge >= 0.3 is 0 Å². The van der Waals surface area contributed by atoms with E-state index in [1.54, 1.807) is 0 Å². The van der Waals surface area contributed by atoms with Crippen molar-refractivity contribution in [1.29, 1.82) is 0 Å². The third-order valence-electron chi connectivity index (χ3n) is 3.15. The zero-order chi connectivity index (χ0) is 11.3. The summed E-state index contributed by atoms with van der Waals surface area (Å²) >= 11 is 0. The van der Waals surface area contributed by atoms with E-state index < -0.39 is 0 Å². The van der Waals surface area contributed by atoms with Gasteiger partial charge in [-0.15, -0.1) is 0 Å². The lowest BCUT2D eigenvalue weighted by molar-refractivity contribution is -0.133. The van der Waals surface area contributed by atoms with Gasteiger partial charge in [0.15, 0.2) is 0 Å². The van der Waals surface area contributed by atoms with Gasteiger partial charge < -0.3 is 10.6 Å². The Balaban J connectivity index is 2.33. The second-order valence-corrected chi connectivity index (χ2v) is 4.18. The van der Waals surface area contributed by atoms with Crippen molar-refractivity contribution in [2.24, 2.45) is 5.73 Å². The molecule has 0 spiro atoms. The molecule has 4 nitrogen and oxygen atoms in total. The fourth-order valence-electron chi connectivity index (χ4n) is 1.89. The molecule has 0 saturated carbocycles. The number of carbonyl (C=O) groups is 1. The summed E-state index contributed by atoms with van der Waals surface area (Å²) in [6.07, 6.45) is 1.90. The van der Waals surface area contributed by atoms with Gasteiger partial charge in [-0.2, -0.15) is 0 Å². The number of amides is 1. The van der Waals surface area contributed by atoms with Crippen LogP contribution in [0.25, 0.3) is 0 Å². The van der Waals surface area contributed by atoms with E-state index in [0.717, 1.165) is 39.0 Å². The Morgan fingerprint density at radius 2 is 1.87 bits per heavy atom. The molecule has 88 valence electrons. The second kappa shape index (κ2) is 6.08. The number of likely N-dealkylation sites (N-methyl/N-ethyl adjacent to an activating group) is 1. The Morgan fingerprint density at radius 1 is 1.33 bits per heavy atom. The van der Waals surface area contributed by atoms with E-state index in [2.05, 4.69) is 18.7 Å². The molecule has 0 aromatic rings. The van der Waals surface area contributed by atoms with Crippen LogP contribution in [0.4, 0.5) is 0 Å². The molecule has 1 aliphatic rings. The molecule has 1 fully saturated rings. The molecule has 0 radical (unpaired) electrons. The quantitative estimate of drug-likeness (QED) is 0.729. The average Bonchev–Trinajstić information content (AvgIpc) is 2.26. The van der Waals surface area contributed by atoms with Gasteiger partial charge in [0.2, 0.25) is 5.91 Å². The highest BCUT2D eigenvalue weighted by molar-refractivity contribution is 5.78. The van der Waals surface area contributed by atoms with Crippen molar-refractivity contribution in [3.8, 4) is 0 Å². The molecule has 1 amide bonds. The number of nitrogens with two attached hydrogens (primary N) is 1. The molecular formula is C11H23N3O. The molecule has 4 heteroatoms. The molecule has 1 heterocycles. The van der Waals surface area contributed by atoms with Crippen LogP contribution in [0.5, 0.6) is 0 Å². The van der Waals surface area contributed by atoms with Crippen LogP contribution in [0.2, 0.25) is 0 Å². The molecule has 2 N–H and O–H groups in total. The predicted molar refractivity (Wildman–Crippen MR) is 61.6 cm³/mol. The van der Waals surface area contributed by atoms with Crippen LogP contribution >= 0.6 is 0 Å². The van der Waals surface area contributed by atoms with Gasteiger partial charge in [-0.25, -0.2) is 0 Å². The number of rotatable bonds is 4. The largest absolute Gasteiger partial charge is 0.341 e. The minimum absolute atomic E-state index is 0.255. The number of hydrogen-bond donors (Lipinski definition) is 1. The lowest BCUT2D eigenvalue weighted by atomic mass is 10.1. The maximum atomic E-state index is 11.9. The summed E-state index contributed by atoms with van der Waals surface area (Å²) in [5.41, 5.74) is 5.80. The van der Waals surface area contributed by atoms with Crippen LogP contribution in [0.15, 0.2) is 0 Å². The molecule has 15 heavy (non-hydrogen) atoms. The van der Waals surface area contributed by atoms with Gasteiger partial charge in [0.1, 0.15) is 0 Å². The minimum atomic E-state index is 0.255. The predicted octanol–water partition coefficient (Wildman–Crippen LogP) is 0.278. The standard InChI is InChI=1S/C11H23N3O/c1-3-13(4-2)9-11(15)14-7-5-10(12)6-8-14/h10H,3-9,12H2,1-2H3. The molecule has 0 atom stereocenters. The van der Waals surface area contributed by atoms with E-state index in [9.17, 15) is 4.79 Å². The van der Waals surface area contributed by atoms with Gasteiger partial charge in [-0.05, 0) is 25.9 Å². The first kappa shape index (κ1) is 12.5. The molecular weight excluding hydrogens is 190 g/mol. The molecule has 0 unspecified atom stereocenters. The molecule has 1 aliphatic heterocycles. The third kappa shape index (κ3) is 3.80. The Bertz CT molecular complexity index is 196. The van der Waals surface area contributed by atoms with E-state index >= 15 is 0 Å². The van der Waals surface area contributed by atoms with Gasteiger partial charge in [0, 0.05) is 19.1 Å². The Kier molecular flexibility index (Phi) is 5.05. The number of carbonyl (C=O) groups excluding carboxylic acids is 1. The van der Waals surface area contributed by atoms with Gasteiger partial charge in [-0.3, -0.25) is 9.69 Å². The molecule has 0 aromatic carbocycles. The minimum Gasteiger partial charge on any atom is -0.341 e. The summed E-state index contributed by atoms with van der Waals surface area (Å²) in [6, 6.07) is 0.294. The number of nitrogens with zero attached hydrogens (tertiary/aromatic N) is 2. The first-order valence-corrected chi connectivity index (χ1v) is 5.93. The summed E-state index contributed by atoms with van der Waals surface area (Å²) in [7, 11) is 0. The highest BCUT2D eigenvalue weighted by Crippen LogP contribution is 2.08. The van der Waals surface area contributed by atoms with Crippen LogP contribution in [-0.4, -0.2) is 54.5 Å². The average molecular weight is 213 g/mol. The zero-order valence-corrected chi connectivity index (χ0v) is 9.91. The lowest BCUT2D eigenvalue weighted by Crippen LogP contribution is -2.46. The Morgan fingerprint density at radius 3 is 2.33 bits per heavy atom. The van der Waals surface area contributed by atoms with Gasteiger partial charge in [0.25, 0.3) is 0 Å². The van der Waals surface area contributed by atoms with Crippen LogP contribution in [0.3, 0.4) is 0 Å². The number of hydrogen-bond acceptors (Lipinski definition) is 3. The van der Waals surface area contributed by atoms with Gasteiger partial charge in [0.05, 0.1) is 6.54 Å². The third-order valence-corrected chi connectivity index (χ3v) is 3.15. The van der Waals surface area contributed by atoms with E-state index in [1.165, 1.54) is 0 Å². The van der Waals surface area contributed by atoms with Crippen molar-refractivity contribution in [3.05, 3.63) is 0 Å². The first-order valence-electron chi connectivity index (χ1n) is 5.93. The van der Waals surface area contributed by atoms with E-state index in [1.807, 2.05) is 4.90 Å². The lowest BCUT2D eigenvalue weighted by Gasteiger charge is -2.31. The maximum absolute atomic E-state index is 11.9. The highest BCUT2D eigenvalue weighted by Gasteiger charge is 2.21. The summed E-state index contributed by atoms with van der Waals surface area (Å²) < 4.78 is 0. The van der Waals surface area contributed by atoms with E-state index in [-0.39, 0.29) is 5.91 Å². The topological polar surface area (TPSA) is 49.6 Å². The summed E-state index contributed by atoms with van der Waals surface area (Å²) in [5.74, 6) is 0.255. The fraction of sp³-hybridized carbons (Fsp3) is 0.909. The smallest absolute Gasteiger partial charge is 0.236 e. The summed E-state index contributed by atoms with van der Waals surface area (Å²) in [4.78, 5) is 16.0. The van der Waals surface area contributed by atoms with Crippen molar-refractivity contribution in [2.45, 2.75) is 32.7 Å².